The maximum atomic E-state index is 11.8. The summed E-state index contributed by atoms with van der Waals surface area (Å²) in [5.74, 6) is 2.53. The molecule has 1 unspecified atom stereocenters. The van der Waals surface area contributed by atoms with Gasteiger partial charge in [-0.15, -0.1) is 0 Å². The van der Waals surface area contributed by atoms with Gasteiger partial charge in [0.15, 0.2) is 0 Å². The molecule has 0 aliphatic carbocycles. The van der Waals surface area contributed by atoms with Gasteiger partial charge in [0.25, 0.3) is 0 Å². The van der Waals surface area contributed by atoms with Crippen LogP contribution in [-0.2, 0) is 4.79 Å². The number of rotatable bonds is 4. The van der Waals surface area contributed by atoms with E-state index in [-0.39, 0.29) is 17.4 Å². The van der Waals surface area contributed by atoms with Gasteiger partial charge >= 0.3 is 0 Å². The molecular weight excluding hydrogens is 330 g/mol. The molecule has 1 rings (SSSR count). The van der Waals surface area contributed by atoms with E-state index in [0.717, 1.165) is 28.6 Å². The van der Waals surface area contributed by atoms with E-state index in [9.17, 15) is 4.79 Å². The van der Waals surface area contributed by atoms with Crippen molar-refractivity contribution in [3.05, 3.63) is 0 Å². The summed E-state index contributed by atoms with van der Waals surface area (Å²) in [6, 6.07) is 0. The van der Waals surface area contributed by atoms with E-state index in [1.165, 1.54) is 0 Å². The molecular formula is C9H15Br2NOS. The number of carbonyl (C=O) groups is 1. The molecule has 1 N–H and O–H groups in total. The smallest absolute Gasteiger partial charge is 0.224 e. The van der Waals surface area contributed by atoms with Crippen molar-refractivity contribution in [1.82, 2.24) is 5.32 Å². The van der Waals surface area contributed by atoms with Gasteiger partial charge in [-0.05, 0) is 19.1 Å². The maximum absolute atomic E-state index is 11.8. The van der Waals surface area contributed by atoms with E-state index in [1.54, 1.807) is 0 Å². The van der Waals surface area contributed by atoms with Crippen LogP contribution >= 0.6 is 43.6 Å². The minimum atomic E-state index is -0.162. The van der Waals surface area contributed by atoms with Gasteiger partial charge < -0.3 is 5.32 Å². The molecule has 1 atom stereocenters. The first-order valence-corrected chi connectivity index (χ1v) is 8.03. The molecule has 2 nitrogen and oxygen atoms in total. The summed E-state index contributed by atoms with van der Waals surface area (Å²) in [4.78, 5) is 11.8. The topological polar surface area (TPSA) is 29.1 Å². The minimum absolute atomic E-state index is 0.162. The Morgan fingerprint density at radius 3 is 2.64 bits per heavy atom. The lowest BCUT2D eigenvalue weighted by Gasteiger charge is -2.27. The Hall–Kier alpha value is 0.780. The molecule has 1 fully saturated rings. The first-order chi connectivity index (χ1) is 6.61. The molecule has 0 aromatic rings. The van der Waals surface area contributed by atoms with Gasteiger partial charge in [-0.2, -0.15) is 11.8 Å². The number of hydrogen-bond acceptors (Lipinski definition) is 2. The van der Waals surface area contributed by atoms with Crippen molar-refractivity contribution in [2.24, 2.45) is 5.92 Å². The van der Waals surface area contributed by atoms with Gasteiger partial charge in [-0.25, -0.2) is 0 Å². The summed E-state index contributed by atoms with van der Waals surface area (Å²) in [5.41, 5.74) is -0.162. The summed E-state index contributed by atoms with van der Waals surface area (Å²) in [6.07, 6.45) is 1.02. The second kappa shape index (κ2) is 5.75. The predicted octanol–water partition coefficient (Wildman–Crippen LogP) is 2.40. The van der Waals surface area contributed by atoms with Crippen molar-refractivity contribution in [2.75, 3.05) is 22.2 Å². The molecule has 0 bridgehead atoms. The van der Waals surface area contributed by atoms with E-state index in [4.69, 9.17) is 0 Å². The third kappa shape index (κ3) is 3.42. The first-order valence-electron chi connectivity index (χ1n) is 4.63. The van der Waals surface area contributed by atoms with E-state index < -0.39 is 0 Å². The third-order valence-electron chi connectivity index (χ3n) is 2.32. The average Bonchev–Trinajstić information content (AvgIpc) is 2.70. The number of halogens is 2. The zero-order chi connectivity index (χ0) is 10.6. The molecule has 0 spiro atoms. The molecule has 14 heavy (non-hydrogen) atoms. The van der Waals surface area contributed by atoms with Crippen molar-refractivity contribution in [3.8, 4) is 0 Å². The standard InChI is InChI=1S/C9H15Br2NOS/c1-9(5-10,6-11)12-8(13)7-2-3-14-4-7/h7H,2-6H2,1H3,(H,12,13). The van der Waals surface area contributed by atoms with Gasteiger partial charge in [0, 0.05) is 22.3 Å². The highest BCUT2D eigenvalue weighted by molar-refractivity contribution is 9.09. The number of hydrogen-bond donors (Lipinski definition) is 1. The van der Waals surface area contributed by atoms with Crippen molar-refractivity contribution < 1.29 is 4.79 Å². The zero-order valence-electron chi connectivity index (χ0n) is 8.19. The van der Waals surface area contributed by atoms with Crippen LogP contribution in [0, 0.1) is 5.92 Å². The molecule has 82 valence electrons. The number of nitrogens with one attached hydrogen (secondary N) is 1. The summed E-state index contributed by atoms with van der Waals surface area (Å²) < 4.78 is 0. The third-order valence-corrected chi connectivity index (χ3v) is 5.95. The minimum Gasteiger partial charge on any atom is -0.349 e. The van der Waals surface area contributed by atoms with Crippen molar-refractivity contribution in [2.45, 2.75) is 18.9 Å². The lowest BCUT2D eigenvalue weighted by molar-refractivity contribution is -0.125. The highest BCUT2D eigenvalue weighted by Gasteiger charge is 2.29. The normalized spacial score (nSPS) is 22.4. The van der Waals surface area contributed by atoms with E-state index in [1.807, 2.05) is 18.7 Å². The van der Waals surface area contributed by atoms with Crippen LogP contribution < -0.4 is 5.32 Å². The molecule has 1 heterocycles. The lowest BCUT2D eigenvalue weighted by atomic mass is 10.0. The first kappa shape index (κ1) is 12.8. The molecule has 1 aliphatic rings. The van der Waals surface area contributed by atoms with Crippen LogP contribution in [0.25, 0.3) is 0 Å². The quantitative estimate of drug-likeness (QED) is 0.793. The fourth-order valence-electron chi connectivity index (χ4n) is 1.24. The Kier molecular flexibility index (Phi) is 5.28. The fraction of sp³-hybridized carbons (Fsp3) is 0.889. The molecule has 1 aliphatic heterocycles. The van der Waals surface area contributed by atoms with Crippen LogP contribution in [0.1, 0.15) is 13.3 Å². The second-order valence-corrected chi connectivity index (χ2v) is 6.15. The van der Waals surface area contributed by atoms with E-state index >= 15 is 0 Å². The number of amides is 1. The van der Waals surface area contributed by atoms with Crippen molar-refractivity contribution in [1.29, 1.82) is 0 Å². The number of alkyl halides is 2. The molecule has 1 saturated heterocycles. The van der Waals surface area contributed by atoms with Gasteiger partial charge in [0.2, 0.25) is 5.91 Å². The molecule has 0 radical (unpaired) electrons. The Balaban J connectivity index is 2.45. The van der Waals surface area contributed by atoms with Gasteiger partial charge in [0.1, 0.15) is 0 Å². The van der Waals surface area contributed by atoms with E-state index in [2.05, 4.69) is 37.2 Å². The predicted molar refractivity (Wildman–Crippen MR) is 69.6 cm³/mol. The molecule has 1 amide bonds. The maximum Gasteiger partial charge on any atom is 0.224 e. The van der Waals surface area contributed by atoms with Gasteiger partial charge in [0.05, 0.1) is 5.54 Å². The summed E-state index contributed by atoms with van der Waals surface area (Å²) in [6.45, 7) is 2.04. The van der Waals surface area contributed by atoms with Gasteiger partial charge in [-0.3, -0.25) is 4.79 Å². The number of thioether (sulfide) groups is 1. The van der Waals surface area contributed by atoms with Crippen LogP contribution in [-0.4, -0.2) is 33.6 Å². The SMILES string of the molecule is CC(CBr)(CBr)NC(=O)C1CCSC1. The van der Waals surface area contributed by atoms with Crippen LogP contribution in [0.3, 0.4) is 0 Å². The lowest BCUT2D eigenvalue weighted by Crippen LogP contribution is -2.51. The molecule has 0 saturated carbocycles. The van der Waals surface area contributed by atoms with E-state index in [0.29, 0.717) is 0 Å². The van der Waals surface area contributed by atoms with Crippen LogP contribution in [0.15, 0.2) is 0 Å². The van der Waals surface area contributed by atoms with Crippen molar-refractivity contribution >= 4 is 49.5 Å². The Morgan fingerprint density at radius 2 is 2.21 bits per heavy atom. The summed E-state index contributed by atoms with van der Waals surface area (Å²) in [5, 5.41) is 4.64. The number of carbonyl (C=O) groups excluding carboxylic acids is 1. The second-order valence-electron chi connectivity index (χ2n) is 3.88. The average molecular weight is 345 g/mol. The Morgan fingerprint density at radius 1 is 1.57 bits per heavy atom. The largest absolute Gasteiger partial charge is 0.349 e. The highest BCUT2D eigenvalue weighted by atomic mass is 79.9. The summed E-state index contributed by atoms with van der Waals surface area (Å²) >= 11 is 8.71. The summed E-state index contributed by atoms with van der Waals surface area (Å²) in [7, 11) is 0. The molecule has 5 heteroatoms. The van der Waals surface area contributed by atoms with Crippen molar-refractivity contribution in [3.63, 3.8) is 0 Å². The Labute approximate surface area is 106 Å². The van der Waals surface area contributed by atoms with Crippen LogP contribution in [0.5, 0.6) is 0 Å². The van der Waals surface area contributed by atoms with Crippen LogP contribution in [0.2, 0.25) is 0 Å². The van der Waals surface area contributed by atoms with Crippen LogP contribution in [0.4, 0.5) is 0 Å². The van der Waals surface area contributed by atoms with Gasteiger partial charge in [-0.1, -0.05) is 31.9 Å². The molecule has 0 aromatic carbocycles. The fourth-order valence-corrected chi connectivity index (χ4v) is 3.67. The highest BCUT2D eigenvalue weighted by Crippen LogP contribution is 2.24. The zero-order valence-corrected chi connectivity index (χ0v) is 12.2. The Bertz CT molecular complexity index is 203. The monoisotopic (exact) mass is 343 g/mol. The molecule has 0 aromatic heterocycles.